The lowest BCUT2D eigenvalue weighted by Crippen LogP contribution is -2.14. The van der Waals surface area contributed by atoms with E-state index < -0.39 is 0 Å². The molecule has 0 fully saturated rings. The molecule has 6 aromatic carbocycles. The Morgan fingerprint density at radius 1 is 0.512 bits per heavy atom. The Morgan fingerprint density at radius 2 is 1.17 bits per heavy atom. The van der Waals surface area contributed by atoms with Crippen molar-refractivity contribution in [3.63, 3.8) is 0 Å². The molecule has 1 aromatic heterocycles. The van der Waals surface area contributed by atoms with Gasteiger partial charge in [0.2, 0.25) is 0 Å². The topological polar surface area (TPSA) is 12.9 Å². The van der Waals surface area contributed by atoms with Crippen molar-refractivity contribution in [3.8, 4) is 33.4 Å². The first-order chi connectivity index (χ1) is 19.9. The standard InChI is InChI=1S/C40H31N/c1-24-13-18-32-34(21-24)39(28-16-19-36-33(23-28)29-9-7-8-12-35(29)40(36,3)4)31-11-6-5-10-30(31)38(32)27-17-20-37-26(22-27)15-14-25(2)41-37/h5-23H,1-4H3. The molecule has 1 nitrogen and oxygen atoms in total. The Hall–Kier alpha value is -4.75. The largest absolute Gasteiger partial charge is 0.253 e. The lowest BCUT2D eigenvalue weighted by molar-refractivity contribution is 0.660. The van der Waals surface area contributed by atoms with E-state index in [1.807, 2.05) is 6.92 Å². The molecule has 0 aliphatic heterocycles. The Kier molecular flexibility index (Phi) is 5.06. The molecular weight excluding hydrogens is 494 g/mol. The predicted molar refractivity (Wildman–Crippen MR) is 175 cm³/mol. The summed E-state index contributed by atoms with van der Waals surface area (Å²) in [5.74, 6) is 0. The number of nitrogens with zero attached hydrogens (tertiary/aromatic N) is 1. The average Bonchev–Trinajstić information content (AvgIpc) is 3.21. The third-order valence-corrected chi connectivity index (χ3v) is 9.17. The van der Waals surface area contributed by atoms with Crippen molar-refractivity contribution in [3.05, 3.63) is 138 Å². The van der Waals surface area contributed by atoms with Crippen LogP contribution in [0.3, 0.4) is 0 Å². The second kappa shape index (κ2) is 8.62. The fourth-order valence-electron chi connectivity index (χ4n) is 7.17. The third-order valence-electron chi connectivity index (χ3n) is 9.17. The van der Waals surface area contributed by atoms with Crippen LogP contribution in [0.15, 0.2) is 115 Å². The van der Waals surface area contributed by atoms with Crippen LogP contribution in [-0.4, -0.2) is 4.98 Å². The lowest BCUT2D eigenvalue weighted by atomic mass is 9.81. The van der Waals surface area contributed by atoms with Gasteiger partial charge in [-0.2, -0.15) is 0 Å². The molecule has 0 radical (unpaired) electrons. The summed E-state index contributed by atoms with van der Waals surface area (Å²) in [6, 6.07) is 42.9. The van der Waals surface area contributed by atoms with Gasteiger partial charge in [0.25, 0.3) is 0 Å². The van der Waals surface area contributed by atoms with Crippen LogP contribution >= 0.6 is 0 Å². The zero-order valence-electron chi connectivity index (χ0n) is 23.9. The number of aromatic nitrogens is 1. The second-order valence-corrected chi connectivity index (χ2v) is 12.1. The molecule has 41 heavy (non-hydrogen) atoms. The van der Waals surface area contributed by atoms with Gasteiger partial charge in [-0.15, -0.1) is 0 Å². The molecule has 196 valence electrons. The van der Waals surface area contributed by atoms with Crippen molar-refractivity contribution in [2.45, 2.75) is 33.1 Å². The number of rotatable bonds is 2. The molecule has 0 N–H and O–H groups in total. The summed E-state index contributed by atoms with van der Waals surface area (Å²) in [5, 5.41) is 6.31. The lowest BCUT2D eigenvalue weighted by Gasteiger charge is -2.22. The maximum atomic E-state index is 4.76. The van der Waals surface area contributed by atoms with Gasteiger partial charge in [-0.05, 0) is 104 Å². The first-order valence-electron chi connectivity index (χ1n) is 14.5. The quantitative estimate of drug-likeness (QED) is 0.205. The number of benzene rings is 6. The van der Waals surface area contributed by atoms with Crippen LogP contribution in [0, 0.1) is 13.8 Å². The van der Waals surface area contributed by atoms with E-state index in [4.69, 9.17) is 4.98 Å². The Morgan fingerprint density at radius 3 is 2.00 bits per heavy atom. The van der Waals surface area contributed by atoms with Gasteiger partial charge in [0.1, 0.15) is 0 Å². The fraction of sp³-hybridized carbons (Fsp3) is 0.125. The molecule has 0 amide bonds. The number of fused-ring (bicyclic) bond motifs is 6. The zero-order valence-corrected chi connectivity index (χ0v) is 23.9. The summed E-state index contributed by atoms with van der Waals surface area (Å²) in [5.41, 5.74) is 14.0. The number of pyridine rings is 1. The minimum Gasteiger partial charge on any atom is -0.253 e. The number of aryl methyl sites for hydroxylation is 2. The van der Waals surface area contributed by atoms with Crippen LogP contribution in [-0.2, 0) is 5.41 Å². The summed E-state index contributed by atoms with van der Waals surface area (Å²) >= 11 is 0. The maximum Gasteiger partial charge on any atom is 0.0705 e. The van der Waals surface area contributed by atoms with E-state index >= 15 is 0 Å². The van der Waals surface area contributed by atoms with Gasteiger partial charge in [-0.3, -0.25) is 4.98 Å². The highest BCUT2D eigenvalue weighted by Crippen LogP contribution is 2.51. The summed E-state index contributed by atoms with van der Waals surface area (Å²) in [7, 11) is 0. The summed E-state index contributed by atoms with van der Waals surface area (Å²) in [6.45, 7) is 8.94. The highest BCUT2D eigenvalue weighted by atomic mass is 14.7. The zero-order chi connectivity index (χ0) is 27.9. The summed E-state index contributed by atoms with van der Waals surface area (Å²) in [4.78, 5) is 4.76. The van der Waals surface area contributed by atoms with Crippen molar-refractivity contribution >= 4 is 32.4 Å². The Labute approximate surface area is 241 Å². The van der Waals surface area contributed by atoms with E-state index in [1.165, 1.54) is 77.0 Å². The molecule has 7 aromatic rings. The molecule has 1 heterocycles. The van der Waals surface area contributed by atoms with Crippen LogP contribution in [0.1, 0.15) is 36.2 Å². The van der Waals surface area contributed by atoms with Crippen LogP contribution in [0.4, 0.5) is 0 Å². The smallest absolute Gasteiger partial charge is 0.0705 e. The molecule has 0 atom stereocenters. The highest BCUT2D eigenvalue weighted by Gasteiger charge is 2.35. The van der Waals surface area contributed by atoms with Crippen molar-refractivity contribution < 1.29 is 0 Å². The van der Waals surface area contributed by atoms with Crippen LogP contribution < -0.4 is 0 Å². The van der Waals surface area contributed by atoms with E-state index in [0.717, 1.165) is 11.2 Å². The number of hydrogen-bond acceptors (Lipinski definition) is 1. The third kappa shape index (κ3) is 3.52. The van der Waals surface area contributed by atoms with E-state index in [9.17, 15) is 0 Å². The summed E-state index contributed by atoms with van der Waals surface area (Å²) in [6.07, 6.45) is 0. The van der Waals surface area contributed by atoms with Gasteiger partial charge in [0.15, 0.2) is 0 Å². The van der Waals surface area contributed by atoms with Crippen molar-refractivity contribution in [1.82, 2.24) is 4.98 Å². The van der Waals surface area contributed by atoms with Gasteiger partial charge in [-0.1, -0.05) is 110 Å². The normalized spacial score (nSPS) is 13.6. The predicted octanol–water partition coefficient (Wildman–Crippen LogP) is 10.8. The molecular formula is C40H31N. The SMILES string of the molecule is Cc1ccc2c(-c3ccc4nc(C)ccc4c3)c3ccccc3c(-c3ccc4c(c3)-c3ccccc3C4(C)C)c2c1. The Balaban J connectivity index is 1.45. The van der Waals surface area contributed by atoms with Crippen LogP contribution in [0.25, 0.3) is 65.8 Å². The van der Waals surface area contributed by atoms with Crippen molar-refractivity contribution in [2.75, 3.05) is 0 Å². The first-order valence-corrected chi connectivity index (χ1v) is 14.5. The average molecular weight is 526 g/mol. The van der Waals surface area contributed by atoms with Crippen LogP contribution in [0.2, 0.25) is 0 Å². The van der Waals surface area contributed by atoms with E-state index in [-0.39, 0.29) is 5.41 Å². The maximum absolute atomic E-state index is 4.76. The fourth-order valence-corrected chi connectivity index (χ4v) is 7.17. The number of hydrogen-bond donors (Lipinski definition) is 0. The van der Waals surface area contributed by atoms with Gasteiger partial charge in [0.05, 0.1) is 5.52 Å². The molecule has 1 aliphatic rings. The molecule has 0 spiro atoms. The highest BCUT2D eigenvalue weighted by molar-refractivity contribution is 6.22. The molecule has 8 rings (SSSR count). The minimum atomic E-state index is -0.00147. The Bertz CT molecular complexity index is 2200. The second-order valence-electron chi connectivity index (χ2n) is 12.1. The molecule has 0 bridgehead atoms. The van der Waals surface area contributed by atoms with E-state index in [0.29, 0.717) is 0 Å². The van der Waals surface area contributed by atoms with Crippen molar-refractivity contribution in [2.24, 2.45) is 0 Å². The van der Waals surface area contributed by atoms with Gasteiger partial charge in [0, 0.05) is 16.5 Å². The first kappa shape index (κ1) is 24.1. The van der Waals surface area contributed by atoms with Crippen LogP contribution in [0.5, 0.6) is 0 Å². The van der Waals surface area contributed by atoms with Crippen molar-refractivity contribution in [1.29, 1.82) is 0 Å². The van der Waals surface area contributed by atoms with Gasteiger partial charge < -0.3 is 0 Å². The van der Waals surface area contributed by atoms with Gasteiger partial charge >= 0.3 is 0 Å². The van der Waals surface area contributed by atoms with Gasteiger partial charge in [-0.25, -0.2) is 0 Å². The molecule has 0 saturated carbocycles. The molecule has 1 aliphatic carbocycles. The molecule has 1 heteroatoms. The van der Waals surface area contributed by atoms with E-state index in [1.54, 1.807) is 0 Å². The molecule has 0 saturated heterocycles. The minimum absolute atomic E-state index is 0.00147. The summed E-state index contributed by atoms with van der Waals surface area (Å²) < 4.78 is 0. The molecule has 0 unspecified atom stereocenters. The van der Waals surface area contributed by atoms with E-state index in [2.05, 4.69) is 136 Å². The monoisotopic (exact) mass is 525 g/mol.